The molecule has 2 bridgehead atoms. The number of ether oxygens (including phenoxy) is 2. The Hall–Kier alpha value is -3.68. The van der Waals surface area contributed by atoms with Gasteiger partial charge in [-0.3, -0.25) is 14.5 Å². The molecule has 7 nitrogen and oxygen atoms in total. The Bertz CT molecular complexity index is 1660. The van der Waals surface area contributed by atoms with Crippen molar-refractivity contribution in [3.8, 4) is 11.5 Å². The minimum absolute atomic E-state index is 0.0222. The third kappa shape index (κ3) is 5.97. The normalized spacial score (nSPS) is 29.1. The van der Waals surface area contributed by atoms with Gasteiger partial charge in [-0.15, -0.1) is 0 Å². The fourth-order valence-electron chi connectivity index (χ4n) is 10.1. The molecule has 2 aliphatic heterocycles. The molecule has 2 unspecified atom stereocenters. The number of piperidine rings is 1. The molecule has 1 amide bonds. The van der Waals surface area contributed by atoms with Crippen LogP contribution in [0.1, 0.15) is 84.8 Å². The summed E-state index contributed by atoms with van der Waals surface area (Å²) in [5.41, 5.74) is 4.60. The number of rotatable bonds is 14. The fraction of sp³-hybridized carbons (Fsp3) is 0.524. The highest BCUT2D eigenvalue weighted by Gasteiger charge is 2.67. The second kappa shape index (κ2) is 13.6. The van der Waals surface area contributed by atoms with Crippen LogP contribution in [0.5, 0.6) is 11.5 Å². The molecular weight excluding hydrogens is 612 g/mol. The first kappa shape index (κ1) is 32.5. The van der Waals surface area contributed by atoms with Gasteiger partial charge >= 0.3 is 0 Å². The van der Waals surface area contributed by atoms with Crippen LogP contribution in [0.4, 0.5) is 0 Å². The maximum Gasteiger partial charge on any atom is 0.222 e. The summed E-state index contributed by atoms with van der Waals surface area (Å²) in [5.74, 6) is 2.87. The van der Waals surface area contributed by atoms with E-state index in [9.17, 15) is 14.7 Å². The molecule has 1 N–H and O–H groups in total. The highest BCUT2D eigenvalue weighted by Crippen LogP contribution is 2.64. The molecule has 3 aromatic carbocycles. The minimum Gasteiger partial charge on any atom is -0.493 e. The van der Waals surface area contributed by atoms with Gasteiger partial charge in [0.15, 0.2) is 17.3 Å². The van der Waals surface area contributed by atoms with Crippen LogP contribution in [0.3, 0.4) is 0 Å². The van der Waals surface area contributed by atoms with Gasteiger partial charge in [0.2, 0.25) is 5.91 Å². The quantitative estimate of drug-likeness (QED) is 0.159. The number of hydrogen-bond acceptors (Lipinski definition) is 6. The van der Waals surface area contributed by atoms with Gasteiger partial charge in [-0.2, -0.15) is 0 Å². The molecule has 7 heteroatoms. The molecule has 3 aromatic rings. The number of unbranched alkanes of at least 4 members (excludes halogenated alkanes) is 1. The van der Waals surface area contributed by atoms with Crippen LogP contribution in [0.2, 0.25) is 0 Å². The summed E-state index contributed by atoms with van der Waals surface area (Å²) in [6.45, 7) is 2.66. The maximum absolute atomic E-state index is 14.4. The van der Waals surface area contributed by atoms with Gasteiger partial charge in [0.25, 0.3) is 0 Å². The van der Waals surface area contributed by atoms with Crippen LogP contribution in [0.15, 0.2) is 72.8 Å². The lowest BCUT2D eigenvalue weighted by Crippen LogP contribution is -2.69. The number of likely N-dealkylation sites (tertiary alicyclic amines) is 1. The Morgan fingerprint density at radius 1 is 0.980 bits per heavy atom. The summed E-state index contributed by atoms with van der Waals surface area (Å²) in [6.07, 6.45) is 8.75. The number of benzene rings is 3. The zero-order valence-electron chi connectivity index (χ0n) is 28.8. The summed E-state index contributed by atoms with van der Waals surface area (Å²) >= 11 is 0. The van der Waals surface area contributed by atoms with E-state index in [2.05, 4.69) is 46.2 Å². The molecule has 8 rings (SSSR count). The van der Waals surface area contributed by atoms with Gasteiger partial charge in [-0.05, 0) is 87.4 Å². The van der Waals surface area contributed by atoms with Crippen molar-refractivity contribution < 1.29 is 24.2 Å². The smallest absolute Gasteiger partial charge is 0.222 e. The number of Topliss-reactive ketones (excluding diaryl/α,β-unsaturated/α-hetero) is 1. The number of aliphatic hydroxyl groups excluding tert-OH is 1. The zero-order valence-corrected chi connectivity index (χ0v) is 28.8. The first-order chi connectivity index (χ1) is 24.0. The van der Waals surface area contributed by atoms with Gasteiger partial charge in [-0.1, -0.05) is 66.7 Å². The number of ketones is 1. The van der Waals surface area contributed by atoms with Gasteiger partial charge in [0.1, 0.15) is 6.10 Å². The van der Waals surface area contributed by atoms with Gasteiger partial charge in [-0.25, -0.2) is 0 Å². The van der Waals surface area contributed by atoms with Crippen LogP contribution in [0.25, 0.3) is 0 Å². The third-order valence-electron chi connectivity index (χ3n) is 12.5. The van der Waals surface area contributed by atoms with Crippen LogP contribution in [0, 0.1) is 11.8 Å². The molecule has 2 heterocycles. The Labute approximate surface area is 290 Å². The predicted molar refractivity (Wildman–Crippen MR) is 189 cm³/mol. The van der Waals surface area contributed by atoms with Gasteiger partial charge in [0, 0.05) is 54.4 Å². The SMILES string of the molecule is COc1ccc2c3c1O[C@H]1[C@@H](N(CCCc4ccccc4)C(=O)CCCCC(=O)c4ccccc4)CC[C@H]4[C@@H](C2)N(CC2CC2O)CC[C@@]341. The number of nitrogens with zero attached hydrogens (tertiary/aromatic N) is 2. The van der Waals surface area contributed by atoms with Crippen LogP contribution in [-0.4, -0.2) is 77.6 Å². The van der Waals surface area contributed by atoms with Crippen molar-refractivity contribution in [3.05, 3.63) is 95.1 Å². The van der Waals surface area contributed by atoms with Crippen molar-refractivity contribution >= 4 is 11.7 Å². The van der Waals surface area contributed by atoms with E-state index in [1.807, 2.05) is 36.4 Å². The number of aryl methyl sites for hydroxylation is 1. The predicted octanol–water partition coefficient (Wildman–Crippen LogP) is 6.39. The molecule has 1 saturated heterocycles. The molecule has 2 saturated carbocycles. The summed E-state index contributed by atoms with van der Waals surface area (Å²) in [5, 5.41) is 10.2. The monoisotopic (exact) mass is 662 g/mol. The van der Waals surface area contributed by atoms with Crippen molar-refractivity contribution in [2.45, 2.75) is 100 Å². The van der Waals surface area contributed by atoms with Crippen molar-refractivity contribution in [1.82, 2.24) is 9.80 Å². The highest BCUT2D eigenvalue weighted by molar-refractivity contribution is 5.96. The standard InChI is InChI=1S/C42H50N2O5/c1-48-37-21-18-30-25-34-32-19-20-33(41-42(32,39(30)40(37)49-41)22-24-43(34)27-31-26-36(31)46)44(23-10-13-28-11-4-2-5-12-28)38(47)17-9-8-16-35(45)29-14-6-3-7-15-29/h2-7,11-12,14-15,18,21,31-34,36,41,46H,8-10,13,16-17,19-20,22-27H2,1H3/t31?,32-,33-,34+,36?,41-,42-/m0/s1. The lowest BCUT2D eigenvalue weighted by atomic mass is 9.51. The van der Waals surface area contributed by atoms with E-state index in [4.69, 9.17) is 9.47 Å². The molecule has 5 aliphatic rings. The minimum atomic E-state index is -0.149. The number of amides is 1. The Kier molecular flexibility index (Phi) is 9.00. The summed E-state index contributed by atoms with van der Waals surface area (Å²) in [7, 11) is 1.73. The van der Waals surface area contributed by atoms with Crippen molar-refractivity contribution in [2.75, 3.05) is 26.7 Å². The molecule has 3 fully saturated rings. The van der Waals surface area contributed by atoms with Crippen LogP contribution >= 0.6 is 0 Å². The number of methoxy groups -OCH3 is 1. The molecule has 49 heavy (non-hydrogen) atoms. The van der Waals surface area contributed by atoms with E-state index in [0.717, 1.165) is 75.1 Å². The highest BCUT2D eigenvalue weighted by atomic mass is 16.5. The van der Waals surface area contributed by atoms with Crippen molar-refractivity contribution in [2.24, 2.45) is 11.8 Å². The van der Waals surface area contributed by atoms with Crippen LogP contribution in [-0.2, 0) is 23.1 Å². The summed E-state index contributed by atoms with van der Waals surface area (Å²) in [6, 6.07) is 24.7. The Morgan fingerprint density at radius 3 is 2.49 bits per heavy atom. The fourth-order valence-corrected chi connectivity index (χ4v) is 10.1. The topological polar surface area (TPSA) is 79.3 Å². The molecule has 0 radical (unpaired) electrons. The lowest BCUT2D eigenvalue weighted by Gasteiger charge is -2.60. The number of hydrogen-bond donors (Lipinski definition) is 1. The van der Waals surface area contributed by atoms with Crippen LogP contribution < -0.4 is 9.47 Å². The molecule has 0 aromatic heterocycles. The second-order valence-electron chi connectivity index (χ2n) is 15.2. The van der Waals surface area contributed by atoms with E-state index in [1.165, 1.54) is 16.7 Å². The largest absolute Gasteiger partial charge is 0.493 e. The molecular formula is C42H50N2O5. The molecule has 3 aliphatic carbocycles. The zero-order chi connectivity index (χ0) is 33.5. The average molecular weight is 663 g/mol. The summed E-state index contributed by atoms with van der Waals surface area (Å²) in [4.78, 5) is 32.0. The Morgan fingerprint density at radius 2 is 1.73 bits per heavy atom. The lowest BCUT2D eigenvalue weighted by molar-refractivity contribution is -0.143. The van der Waals surface area contributed by atoms with E-state index < -0.39 is 0 Å². The number of carbonyl (C=O) groups is 2. The van der Waals surface area contributed by atoms with Crippen molar-refractivity contribution in [3.63, 3.8) is 0 Å². The first-order valence-electron chi connectivity index (χ1n) is 18.7. The molecule has 1 spiro atoms. The average Bonchev–Trinajstić information content (AvgIpc) is 3.72. The number of carbonyl (C=O) groups excluding carboxylic acids is 2. The molecule has 258 valence electrons. The van der Waals surface area contributed by atoms with E-state index >= 15 is 0 Å². The maximum atomic E-state index is 14.4. The molecule has 7 atom stereocenters. The van der Waals surface area contributed by atoms with E-state index in [0.29, 0.717) is 50.1 Å². The van der Waals surface area contributed by atoms with E-state index in [-0.39, 0.29) is 35.4 Å². The second-order valence-corrected chi connectivity index (χ2v) is 15.2. The first-order valence-corrected chi connectivity index (χ1v) is 18.7. The van der Waals surface area contributed by atoms with Gasteiger partial charge < -0.3 is 19.5 Å². The Balaban J connectivity index is 1.05. The van der Waals surface area contributed by atoms with E-state index in [1.54, 1.807) is 7.11 Å². The number of aliphatic hydroxyl groups is 1. The van der Waals surface area contributed by atoms with Gasteiger partial charge in [0.05, 0.1) is 19.3 Å². The third-order valence-corrected chi connectivity index (χ3v) is 12.5. The van der Waals surface area contributed by atoms with Crippen molar-refractivity contribution in [1.29, 1.82) is 0 Å². The summed E-state index contributed by atoms with van der Waals surface area (Å²) < 4.78 is 13.0.